The Morgan fingerprint density at radius 1 is 1.19 bits per heavy atom. The molecular formula is C14H9ClN4O2. The number of anilines is 1. The van der Waals surface area contributed by atoms with E-state index in [0.29, 0.717) is 17.1 Å². The van der Waals surface area contributed by atoms with Gasteiger partial charge in [-0.05, 0) is 24.3 Å². The third-order valence-electron chi connectivity index (χ3n) is 2.74. The molecule has 1 N–H and O–H groups in total. The van der Waals surface area contributed by atoms with Gasteiger partial charge in [0.1, 0.15) is 5.15 Å². The molecule has 0 spiro atoms. The number of nitrogens with zero attached hydrogens (tertiary/aromatic N) is 3. The Bertz CT molecular complexity index is 774. The first-order valence-electron chi connectivity index (χ1n) is 6.03. The Morgan fingerprint density at radius 3 is 2.86 bits per heavy atom. The standard InChI is InChI=1S/C14H9ClN4O2/c15-12-11(5-2-6-16-12)14(20)18-10-4-1-3-9(7-10)13-17-8-21-19-13/h1-8H,(H,18,20). The first kappa shape index (κ1) is 13.3. The van der Waals surface area contributed by atoms with E-state index in [4.69, 9.17) is 16.1 Å². The normalized spacial score (nSPS) is 10.3. The summed E-state index contributed by atoms with van der Waals surface area (Å²) in [5, 5.41) is 6.66. The van der Waals surface area contributed by atoms with E-state index in [9.17, 15) is 4.79 Å². The molecule has 0 radical (unpaired) electrons. The molecule has 0 unspecified atom stereocenters. The Kier molecular flexibility index (Phi) is 3.61. The molecule has 0 aliphatic carbocycles. The van der Waals surface area contributed by atoms with Crippen LogP contribution in [-0.4, -0.2) is 21.0 Å². The number of halogens is 1. The second-order valence-electron chi connectivity index (χ2n) is 4.13. The topological polar surface area (TPSA) is 80.9 Å². The largest absolute Gasteiger partial charge is 0.342 e. The number of benzene rings is 1. The highest BCUT2D eigenvalue weighted by Crippen LogP contribution is 2.20. The molecule has 3 aromatic rings. The second-order valence-corrected chi connectivity index (χ2v) is 4.49. The number of aromatic nitrogens is 3. The van der Waals surface area contributed by atoms with Crippen LogP contribution in [0.25, 0.3) is 11.4 Å². The van der Waals surface area contributed by atoms with Crippen molar-refractivity contribution in [1.82, 2.24) is 15.1 Å². The molecule has 0 saturated heterocycles. The van der Waals surface area contributed by atoms with Crippen LogP contribution in [0.2, 0.25) is 5.15 Å². The predicted molar refractivity (Wildman–Crippen MR) is 76.9 cm³/mol. The molecule has 0 saturated carbocycles. The van der Waals surface area contributed by atoms with Gasteiger partial charge in [-0.25, -0.2) is 4.98 Å². The molecule has 3 rings (SSSR count). The summed E-state index contributed by atoms with van der Waals surface area (Å²) >= 11 is 5.89. The lowest BCUT2D eigenvalue weighted by molar-refractivity contribution is 0.102. The lowest BCUT2D eigenvalue weighted by Gasteiger charge is -2.07. The van der Waals surface area contributed by atoms with E-state index < -0.39 is 0 Å². The lowest BCUT2D eigenvalue weighted by atomic mass is 10.2. The van der Waals surface area contributed by atoms with E-state index in [1.165, 1.54) is 12.6 Å². The van der Waals surface area contributed by atoms with Gasteiger partial charge in [0.25, 0.3) is 5.91 Å². The van der Waals surface area contributed by atoms with Gasteiger partial charge in [-0.2, -0.15) is 4.98 Å². The molecule has 0 bridgehead atoms. The smallest absolute Gasteiger partial charge is 0.258 e. The van der Waals surface area contributed by atoms with Crippen molar-refractivity contribution in [2.75, 3.05) is 5.32 Å². The van der Waals surface area contributed by atoms with Gasteiger partial charge >= 0.3 is 0 Å². The number of carbonyl (C=O) groups is 1. The predicted octanol–water partition coefficient (Wildman–Crippen LogP) is 3.04. The number of amides is 1. The summed E-state index contributed by atoms with van der Waals surface area (Å²) in [5.74, 6) is 0.115. The molecule has 0 aliphatic rings. The van der Waals surface area contributed by atoms with Crippen LogP contribution in [0.1, 0.15) is 10.4 Å². The van der Waals surface area contributed by atoms with Gasteiger partial charge in [-0.1, -0.05) is 28.9 Å². The molecule has 0 fully saturated rings. The highest BCUT2D eigenvalue weighted by atomic mass is 35.5. The van der Waals surface area contributed by atoms with Crippen LogP contribution < -0.4 is 5.32 Å². The number of rotatable bonds is 3. The number of carbonyl (C=O) groups excluding carboxylic acids is 1. The summed E-state index contributed by atoms with van der Waals surface area (Å²) in [6.07, 6.45) is 2.77. The second kappa shape index (κ2) is 5.72. The van der Waals surface area contributed by atoms with Crippen LogP contribution in [0.3, 0.4) is 0 Å². The van der Waals surface area contributed by atoms with Crippen LogP contribution in [0.15, 0.2) is 53.5 Å². The molecule has 1 amide bonds. The SMILES string of the molecule is O=C(Nc1cccc(-c2ncon2)c1)c1cccnc1Cl. The number of hydrogen-bond acceptors (Lipinski definition) is 5. The minimum Gasteiger partial charge on any atom is -0.342 e. The Morgan fingerprint density at radius 2 is 2.10 bits per heavy atom. The summed E-state index contributed by atoms with van der Waals surface area (Å²) in [5.41, 5.74) is 1.64. The average Bonchev–Trinajstić information content (AvgIpc) is 3.02. The van der Waals surface area contributed by atoms with Gasteiger partial charge in [-0.3, -0.25) is 4.79 Å². The molecular weight excluding hydrogens is 292 g/mol. The molecule has 7 heteroatoms. The van der Waals surface area contributed by atoms with Crippen molar-refractivity contribution < 1.29 is 9.32 Å². The Hall–Kier alpha value is -2.73. The van der Waals surface area contributed by atoms with Crippen molar-refractivity contribution in [2.45, 2.75) is 0 Å². The van der Waals surface area contributed by atoms with Crippen molar-refractivity contribution >= 4 is 23.2 Å². The quantitative estimate of drug-likeness (QED) is 0.752. The van der Waals surface area contributed by atoms with Crippen molar-refractivity contribution in [3.05, 3.63) is 59.7 Å². The molecule has 0 atom stereocenters. The van der Waals surface area contributed by atoms with Crippen LogP contribution in [-0.2, 0) is 0 Å². The van der Waals surface area contributed by atoms with Crippen LogP contribution >= 0.6 is 11.6 Å². The maximum absolute atomic E-state index is 12.1. The maximum atomic E-state index is 12.1. The van der Waals surface area contributed by atoms with Gasteiger partial charge in [-0.15, -0.1) is 0 Å². The number of hydrogen-bond donors (Lipinski definition) is 1. The molecule has 1 aromatic carbocycles. The summed E-state index contributed by atoms with van der Waals surface area (Å²) < 4.78 is 4.70. The minimum absolute atomic E-state index is 0.157. The minimum atomic E-state index is -0.335. The van der Waals surface area contributed by atoms with E-state index in [2.05, 4.69) is 20.4 Å². The fraction of sp³-hybridized carbons (Fsp3) is 0. The van der Waals surface area contributed by atoms with E-state index in [1.807, 2.05) is 6.07 Å². The first-order chi connectivity index (χ1) is 10.2. The summed E-state index contributed by atoms with van der Waals surface area (Å²) in [7, 11) is 0. The van der Waals surface area contributed by atoms with Crippen molar-refractivity contribution in [3.8, 4) is 11.4 Å². The lowest BCUT2D eigenvalue weighted by Crippen LogP contribution is -2.12. The molecule has 104 valence electrons. The highest BCUT2D eigenvalue weighted by molar-refractivity contribution is 6.33. The van der Waals surface area contributed by atoms with E-state index >= 15 is 0 Å². The fourth-order valence-electron chi connectivity index (χ4n) is 1.79. The van der Waals surface area contributed by atoms with E-state index in [-0.39, 0.29) is 11.1 Å². The van der Waals surface area contributed by atoms with Crippen LogP contribution in [0.4, 0.5) is 5.69 Å². The summed E-state index contributed by atoms with van der Waals surface area (Å²) in [4.78, 5) is 20.0. The van der Waals surface area contributed by atoms with Gasteiger partial charge in [0.2, 0.25) is 12.2 Å². The zero-order valence-corrected chi connectivity index (χ0v) is 11.4. The Labute approximate surface area is 124 Å². The number of pyridine rings is 1. The third-order valence-corrected chi connectivity index (χ3v) is 3.04. The van der Waals surface area contributed by atoms with Crippen LogP contribution in [0.5, 0.6) is 0 Å². The van der Waals surface area contributed by atoms with Gasteiger partial charge < -0.3 is 9.84 Å². The zero-order valence-electron chi connectivity index (χ0n) is 10.7. The highest BCUT2D eigenvalue weighted by Gasteiger charge is 2.11. The molecule has 6 nitrogen and oxygen atoms in total. The van der Waals surface area contributed by atoms with Crippen LogP contribution in [0, 0.1) is 0 Å². The third kappa shape index (κ3) is 2.90. The van der Waals surface area contributed by atoms with Crippen molar-refractivity contribution in [1.29, 1.82) is 0 Å². The van der Waals surface area contributed by atoms with Crippen molar-refractivity contribution in [3.63, 3.8) is 0 Å². The summed E-state index contributed by atoms with van der Waals surface area (Å²) in [6, 6.07) is 10.4. The van der Waals surface area contributed by atoms with E-state index in [1.54, 1.807) is 30.3 Å². The Balaban J connectivity index is 1.84. The molecule has 0 aliphatic heterocycles. The molecule has 21 heavy (non-hydrogen) atoms. The first-order valence-corrected chi connectivity index (χ1v) is 6.40. The van der Waals surface area contributed by atoms with Crippen molar-refractivity contribution in [2.24, 2.45) is 0 Å². The fourth-order valence-corrected chi connectivity index (χ4v) is 1.99. The zero-order chi connectivity index (χ0) is 14.7. The molecule has 2 aromatic heterocycles. The van der Waals surface area contributed by atoms with Gasteiger partial charge in [0.05, 0.1) is 5.56 Å². The number of nitrogens with one attached hydrogen (secondary N) is 1. The monoisotopic (exact) mass is 300 g/mol. The average molecular weight is 301 g/mol. The maximum Gasteiger partial charge on any atom is 0.258 e. The summed E-state index contributed by atoms with van der Waals surface area (Å²) in [6.45, 7) is 0. The van der Waals surface area contributed by atoms with Gasteiger partial charge in [0, 0.05) is 17.4 Å². The van der Waals surface area contributed by atoms with Gasteiger partial charge in [0.15, 0.2) is 0 Å². The van der Waals surface area contributed by atoms with E-state index in [0.717, 1.165) is 5.56 Å². The molecule has 2 heterocycles.